The van der Waals surface area contributed by atoms with Crippen LogP contribution in [0, 0.1) is 17.2 Å². The van der Waals surface area contributed by atoms with Crippen molar-refractivity contribution in [1.82, 2.24) is 5.32 Å². The molecule has 0 aliphatic carbocycles. The summed E-state index contributed by atoms with van der Waals surface area (Å²) in [4.78, 5) is 12.1. The first-order chi connectivity index (χ1) is 9.24. The number of benzene rings is 1. The average Bonchev–Trinajstić information content (AvgIpc) is 2.36. The van der Waals surface area contributed by atoms with Gasteiger partial charge in [-0.15, -0.1) is 0 Å². The average molecular weight is 294 g/mol. The Balaban J connectivity index is 2.91. The van der Waals surface area contributed by atoms with Crippen molar-refractivity contribution >= 4 is 15.7 Å². The van der Waals surface area contributed by atoms with Gasteiger partial charge in [-0.1, -0.05) is 19.9 Å². The molecule has 1 aromatic rings. The molecule has 0 heterocycles. The first kappa shape index (κ1) is 16.2. The second-order valence-electron chi connectivity index (χ2n) is 5.08. The van der Waals surface area contributed by atoms with Gasteiger partial charge in [0.2, 0.25) is 0 Å². The Kier molecular flexibility index (Phi) is 5.28. The van der Waals surface area contributed by atoms with E-state index in [9.17, 15) is 13.2 Å². The van der Waals surface area contributed by atoms with Gasteiger partial charge >= 0.3 is 0 Å². The Morgan fingerprint density at radius 2 is 2.05 bits per heavy atom. The number of hydrogen-bond acceptors (Lipinski definition) is 4. The van der Waals surface area contributed by atoms with E-state index in [0.29, 0.717) is 6.42 Å². The molecule has 1 aromatic carbocycles. The minimum absolute atomic E-state index is 0.0857. The zero-order valence-electron chi connectivity index (χ0n) is 11.8. The second-order valence-corrected chi connectivity index (χ2v) is 7.10. The number of sulfone groups is 1. The van der Waals surface area contributed by atoms with Gasteiger partial charge in [-0.05, 0) is 30.5 Å². The third-order valence-electron chi connectivity index (χ3n) is 2.69. The minimum Gasteiger partial charge on any atom is -0.336 e. The van der Waals surface area contributed by atoms with Crippen LogP contribution >= 0.6 is 0 Å². The van der Waals surface area contributed by atoms with Crippen LogP contribution in [0.2, 0.25) is 0 Å². The normalized spacial score (nSPS) is 12.8. The lowest BCUT2D eigenvalue weighted by molar-refractivity contribution is 0.0942. The fourth-order valence-electron chi connectivity index (χ4n) is 1.72. The molecule has 1 unspecified atom stereocenters. The van der Waals surface area contributed by atoms with Crippen LogP contribution in [0.5, 0.6) is 0 Å². The van der Waals surface area contributed by atoms with Gasteiger partial charge in [0.1, 0.15) is 6.04 Å². The summed E-state index contributed by atoms with van der Waals surface area (Å²) in [5, 5.41) is 11.6. The zero-order valence-corrected chi connectivity index (χ0v) is 12.6. The van der Waals surface area contributed by atoms with Crippen LogP contribution in [0.15, 0.2) is 29.2 Å². The topological polar surface area (TPSA) is 87.0 Å². The summed E-state index contributed by atoms with van der Waals surface area (Å²) < 4.78 is 22.9. The van der Waals surface area contributed by atoms with Gasteiger partial charge in [0, 0.05) is 11.8 Å². The Morgan fingerprint density at radius 3 is 2.55 bits per heavy atom. The highest BCUT2D eigenvalue weighted by Crippen LogP contribution is 2.12. The number of nitriles is 1. The number of carbonyl (C=O) groups is 1. The fourth-order valence-corrected chi connectivity index (χ4v) is 2.39. The molecule has 0 fully saturated rings. The summed E-state index contributed by atoms with van der Waals surface area (Å²) in [5.74, 6) is -0.162. The molecule has 0 saturated carbocycles. The van der Waals surface area contributed by atoms with Gasteiger partial charge in [-0.3, -0.25) is 4.79 Å². The van der Waals surface area contributed by atoms with E-state index in [1.54, 1.807) is 0 Å². The predicted molar refractivity (Wildman–Crippen MR) is 75.9 cm³/mol. The van der Waals surface area contributed by atoms with E-state index >= 15 is 0 Å². The molecule has 1 N–H and O–H groups in total. The molecule has 1 rings (SSSR count). The molecule has 0 radical (unpaired) electrons. The standard InChI is InChI=1S/C14H18N2O3S/c1-10(2)7-12(9-15)16-14(17)11-5-4-6-13(8-11)20(3,18)19/h4-6,8,10,12H,7H2,1-3H3,(H,16,17). The molecule has 5 nitrogen and oxygen atoms in total. The van der Waals surface area contributed by atoms with Gasteiger partial charge in [-0.25, -0.2) is 8.42 Å². The van der Waals surface area contributed by atoms with E-state index in [1.807, 2.05) is 19.9 Å². The lowest BCUT2D eigenvalue weighted by Crippen LogP contribution is -2.34. The molecule has 0 saturated heterocycles. The summed E-state index contributed by atoms with van der Waals surface area (Å²) in [5.41, 5.74) is 0.233. The van der Waals surface area contributed by atoms with Crippen molar-refractivity contribution in [2.24, 2.45) is 5.92 Å². The maximum Gasteiger partial charge on any atom is 0.252 e. The van der Waals surface area contributed by atoms with Crippen molar-refractivity contribution in [2.45, 2.75) is 31.2 Å². The molecule has 6 heteroatoms. The molecular weight excluding hydrogens is 276 g/mol. The Morgan fingerprint density at radius 1 is 1.40 bits per heavy atom. The second kappa shape index (κ2) is 6.53. The number of amides is 1. The summed E-state index contributed by atoms with van der Waals surface area (Å²) in [6.07, 6.45) is 1.63. The summed E-state index contributed by atoms with van der Waals surface area (Å²) in [6.45, 7) is 3.92. The molecule has 0 aromatic heterocycles. The van der Waals surface area contributed by atoms with Crippen LogP contribution in [-0.2, 0) is 9.84 Å². The van der Waals surface area contributed by atoms with E-state index < -0.39 is 21.8 Å². The van der Waals surface area contributed by atoms with Gasteiger partial charge in [0.15, 0.2) is 9.84 Å². The maximum atomic E-state index is 12.0. The van der Waals surface area contributed by atoms with Gasteiger partial charge in [0.25, 0.3) is 5.91 Å². The SMILES string of the molecule is CC(C)CC(C#N)NC(=O)c1cccc(S(C)(=O)=O)c1. The van der Waals surface area contributed by atoms with Crippen molar-refractivity contribution in [3.8, 4) is 6.07 Å². The highest BCUT2D eigenvalue weighted by atomic mass is 32.2. The quantitative estimate of drug-likeness (QED) is 0.896. The van der Waals surface area contributed by atoms with Crippen molar-refractivity contribution in [1.29, 1.82) is 5.26 Å². The minimum atomic E-state index is -3.36. The largest absolute Gasteiger partial charge is 0.336 e. The maximum absolute atomic E-state index is 12.0. The molecule has 1 atom stereocenters. The van der Waals surface area contributed by atoms with E-state index in [1.165, 1.54) is 24.3 Å². The van der Waals surface area contributed by atoms with E-state index in [-0.39, 0.29) is 16.4 Å². The van der Waals surface area contributed by atoms with Crippen molar-refractivity contribution in [2.75, 3.05) is 6.26 Å². The molecule has 108 valence electrons. The smallest absolute Gasteiger partial charge is 0.252 e. The molecule has 0 spiro atoms. The van der Waals surface area contributed by atoms with E-state index in [4.69, 9.17) is 5.26 Å². The Bertz CT molecular complexity index is 630. The van der Waals surface area contributed by atoms with Crippen molar-refractivity contribution < 1.29 is 13.2 Å². The van der Waals surface area contributed by atoms with Crippen LogP contribution in [0.3, 0.4) is 0 Å². The monoisotopic (exact) mass is 294 g/mol. The third-order valence-corrected chi connectivity index (χ3v) is 3.80. The molecular formula is C14H18N2O3S. The number of nitrogens with one attached hydrogen (secondary N) is 1. The first-order valence-corrected chi connectivity index (χ1v) is 8.13. The molecule has 1 amide bonds. The molecule has 0 aliphatic heterocycles. The molecule has 0 bridgehead atoms. The van der Waals surface area contributed by atoms with Crippen LogP contribution < -0.4 is 5.32 Å². The predicted octanol–water partition coefficient (Wildman–Crippen LogP) is 1.76. The summed E-state index contributed by atoms with van der Waals surface area (Å²) in [6, 6.07) is 7.23. The van der Waals surface area contributed by atoms with Crippen molar-refractivity contribution in [3.63, 3.8) is 0 Å². The van der Waals surface area contributed by atoms with Crippen LogP contribution in [0.25, 0.3) is 0 Å². The van der Waals surface area contributed by atoms with Gasteiger partial charge in [0.05, 0.1) is 11.0 Å². The lowest BCUT2D eigenvalue weighted by Gasteiger charge is -2.13. The van der Waals surface area contributed by atoms with Crippen LogP contribution in [0.1, 0.15) is 30.6 Å². The molecule has 0 aliphatic rings. The van der Waals surface area contributed by atoms with Crippen LogP contribution in [0.4, 0.5) is 0 Å². The highest BCUT2D eigenvalue weighted by Gasteiger charge is 2.16. The number of carbonyl (C=O) groups excluding carboxylic acids is 1. The highest BCUT2D eigenvalue weighted by molar-refractivity contribution is 7.90. The molecule has 20 heavy (non-hydrogen) atoms. The van der Waals surface area contributed by atoms with Crippen molar-refractivity contribution in [3.05, 3.63) is 29.8 Å². The summed E-state index contributed by atoms with van der Waals surface area (Å²) in [7, 11) is -3.36. The number of hydrogen-bond donors (Lipinski definition) is 1. The van der Waals surface area contributed by atoms with Gasteiger partial charge < -0.3 is 5.32 Å². The zero-order chi connectivity index (χ0) is 15.3. The fraction of sp³-hybridized carbons (Fsp3) is 0.429. The third kappa shape index (κ3) is 4.67. The van der Waals surface area contributed by atoms with E-state index in [2.05, 4.69) is 5.32 Å². The van der Waals surface area contributed by atoms with Gasteiger partial charge in [-0.2, -0.15) is 5.26 Å². The lowest BCUT2D eigenvalue weighted by atomic mass is 10.0. The Labute approximate surface area is 119 Å². The summed E-state index contributed by atoms with van der Waals surface area (Å²) >= 11 is 0. The van der Waals surface area contributed by atoms with E-state index in [0.717, 1.165) is 6.26 Å². The Hall–Kier alpha value is -1.87. The first-order valence-electron chi connectivity index (χ1n) is 6.24. The number of rotatable bonds is 5. The number of nitrogens with zero attached hydrogens (tertiary/aromatic N) is 1. The van der Waals surface area contributed by atoms with Crippen LogP contribution in [-0.4, -0.2) is 26.6 Å².